The van der Waals surface area contributed by atoms with Crippen molar-refractivity contribution in [2.24, 2.45) is 5.92 Å². The second kappa shape index (κ2) is 6.04. The monoisotopic (exact) mass is 338 g/mol. The van der Waals surface area contributed by atoms with Crippen LogP contribution in [0.1, 0.15) is 33.4 Å². The SMILES string of the molecule is O=C(O)c1csc(CNC(=O)C2CC2c2c(F)cccc2F)n1. The van der Waals surface area contributed by atoms with Gasteiger partial charge in [-0.1, -0.05) is 6.07 Å². The highest BCUT2D eigenvalue weighted by atomic mass is 32.1. The van der Waals surface area contributed by atoms with Crippen molar-refractivity contribution in [3.8, 4) is 0 Å². The van der Waals surface area contributed by atoms with Crippen LogP contribution in [0.15, 0.2) is 23.6 Å². The van der Waals surface area contributed by atoms with Gasteiger partial charge in [-0.2, -0.15) is 0 Å². The van der Waals surface area contributed by atoms with E-state index in [1.165, 1.54) is 23.6 Å². The Kier molecular flexibility index (Phi) is 4.08. The molecule has 1 fully saturated rings. The maximum Gasteiger partial charge on any atom is 0.355 e. The van der Waals surface area contributed by atoms with E-state index in [0.717, 1.165) is 11.3 Å². The highest BCUT2D eigenvalue weighted by molar-refractivity contribution is 7.09. The van der Waals surface area contributed by atoms with E-state index in [1.807, 2.05) is 0 Å². The molecule has 1 aromatic heterocycles. The van der Waals surface area contributed by atoms with Crippen molar-refractivity contribution < 1.29 is 23.5 Å². The molecule has 1 aliphatic carbocycles. The van der Waals surface area contributed by atoms with Crippen LogP contribution in [0.2, 0.25) is 0 Å². The summed E-state index contributed by atoms with van der Waals surface area (Å²) in [7, 11) is 0. The summed E-state index contributed by atoms with van der Waals surface area (Å²) in [5, 5.41) is 13.2. The van der Waals surface area contributed by atoms with Crippen molar-refractivity contribution in [2.45, 2.75) is 18.9 Å². The summed E-state index contributed by atoms with van der Waals surface area (Å²) in [6.45, 7) is 0.0970. The van der Waals surface area contributed by atoms with Crippen LogP contribution < -0.4 is 5.32 Å². The minimum atomic E-state index is -1.13. The van der Waals surface area contributed by atoms with Gasteiger partial charge in [0.15, 0.2) is 5.69 Å². The summed E-state index contributed by atoms with van der Waals surface area (Å²) in [4.78, 5) is 26.6. The summed E-state index contributed by atoms with van der Waals surface area (Å²) in [6.07, 6.45) is 0.391. The molecular formula is C15H12F2N2O3S. The van der Waals surface area contributed by atoms with Gasteiger partial charge in [0, 0.05) is 22.8 Å². The number of carboxylic acids is 1. The average Bonchev–Trinajstić information content (AvgIpc) is 3.12. The van der Waals surface area contributed by atoms with Gasteiger partial charge in [0.05, 0.1) is 6.54 Å². The second-order valence-electron chi connectivity index (χ2n) is 5.23. The van der Waals surface area contributed by atoms with Gasteiger partial charge in [-0.25, -0.2) is 18.6 Å². The maximum absolute atomic E-state index is 13.7. The van der Waals surface area contributed by atoms with Crippen LogP contribution in [0, 0.1) is 17.6 Å². The fourth-order valence-corrected chi connectivity index (χ4v) is 3.16. The standard InChI is InChI=1S/C15H12F2N2O3S/c16-9-2-1-3-10(17)13(9)7-4-8(7)14(20)18-5-12-19-11(6-23-12)15(21)22/h1-3,6-8H,4-5H2,(H,18,20)(H,21,22). The predicted molar refractivity (Wildman–Crippen MR) is 78.1 cm³/mol. The van der Waals surface area contributed by atoms with Crippen LogP contribution in [0.25, 0.3) is 0 Å². The highest BCUT2D eigenvalue weighted by Gasteiger charge is 2.46. The largest absolute Gasteiger partial charge is 0.476 e. The quantitative estimate of drug-likeness (QED) is 0.878. The van der Waals surface area contributed by atoms with Gasteiger partial charge >= 0.3 is 5.97 Å². The summed E-state index contributed by atoms with van der Waals surface area (Å²) >= 11 is 1.13. The molecule has 2 N–H and O–H groups in total. The summed E-state index contributed by atoms with van der Waals surface area (Å²) in [6, 6.07) is 3.64. The van der Waals surface area contributed by atoms with E-state index in [0.29, 0.717) is 11.4 Å². The fourth-order valence-electron chi connectivity index (χ4n) is 2.45. The lowest BCUT2D eigenvalue weighted by Crippen LogP contribution is -2.25. The lowest BCUT2D eigenvalue weighted by molar-refractivity contribution is -0.122. The van der Waals surface area contributed by atoms with Crippen LogP contribution >= 0.6 is 11.3 Å². The molecule has 8 heteroatoms. The molecule has 1 amide bonds. The Labute approximate surface area is 134 Å². The van der Waals surface area contributed by atoms with Crippen LogP contribution in [0.5, 0.6) is 0 Å². The molecule has 23 heavy (non-hydrogen) atoms. The van der Waals surface area contributed by atoms with Gasteiger partial charge in [-0.05, 0) is 18.6 Å². The number of carbonyl (C=O) groups is 2. The van der Waals surface area contributed by atoms with E-state index in [1.54, 1.807) is 0 Å². The zero-order chi connectivity index (χ0) is 16.6. The predicted octanol–water partition coefficient (Wildman–Crippen LogP) is 2.54. The molecule has 0 aliphatic heterocycles. The Morgan fingerprint density at radius 1 is 1.35 bits per heavy atom. The molecule has 0 spiro atoms. The Bertz CT molecular complexity index is 758. The molecule has 5 nitrogen and oxygen atoms in total. The molecule has 1 saturated carbocycles. The molecule has 0 saturated heterocycles. The Hall–Kier alpha value is -2.35. The molecule has 1 aliphatic rings. The minimum Gasteiger partial charge on any atom is -0.476 e. The number of aromatic carboxylic acids is 1. The van der Waals surface area contributed by atoms with Gasteiger partial charge in [0.1, 0.15) is 16.6 Å². The lowest BCUT2D eigenvalue weighted by Gasteiger charge is -2.05. The van der Waals surface area contributed by atoms with E-state index in [2.05, 4.69) is 10.3 Å². The zero-order valence-electron chi connectivity index (χ0n) is 11.8. The smallest absolute Gasteiger partial charge is 0.355 e. The summed E-state index contributed by atoms with van der Waals surface area (Å²) in [5.74, 6) is -3.66. The molecule has 3 rings (SSSR count). The Balaban J connectivity index is 1.59. The number of carboxylic acid groups (broad SMARTS) is 1. The molecule has 120 valence electrons. The van der Waals surface area contributed by atoms with Gasteiger partial charge in [-0.3, -0.25) is 4.79 Å². The van der Waals surface area contributed by atoms with Gasteiger partial charge in [0.2, 0.25) is 5.91 Å². The van der Waals surface area contributed by atoms with Crippen molar-refractivity contribution in [3.05, 3.63) is 51.5 Å². The van der Waals surface area contributed by atoms with E-state index in [4.69, 9.17) is 5.11 Å². The number of rotatable bonds is 5. The minimum absolute atomic E-state index is 0.0462. The van der Waals surface area contributed by atoms with Crippen molar-refractivity contribution >= 4 is 23.2 Å². The summed E-state index contributed by atoms with van der Waals surface area (Å²) < 4.78 is 27.3. The maximum atomic E-state index is 13.7. The second-order valence-corrected chi connectivity index (χ2v) is 6.18. The summed E-state index contributed by atoms with van der Waals surface area (Å²) in [5.41, 5.74) is -0.118. The zero-order valence-corrected chi connectivity index (χ0v) is 12.6. The molecule has 1 aromatic carbocycles. The first kappa shape index (κ1) is 15.5. The number of halogens is 2. The average molecular weight is 338 g/mol. The Morgan fingerprint density at radius 3 is 2.65 bits per heavy atom. The third-order valence-corrected chi connectivity index (χ3v) is 4.53. The molecule has 2 aromatic rings. The van der Waals surface area contributed by atoms with Crippen molar-refractivity contribution in [2.75, 3.05) is 0 Å². The normalized spacial score (nSPS) is 19.4. The number of benzene rings is 1. The number of nitrogens with zero attached hydrogens (tertiary/aromatic N) is 1. The van der Waals surface area contributed by atoms with Crippen LogP contribution in [-0.2, 0) is 11.3 Å². The van der Waals surface area contributed by atoms with Crippen LogP contribution in [-0.4, -0.2) is 22.0 Å². The van der Waals surface area contributed by atoms with E-state index >= 15 is 0 Å². The molecular weight excluding hydrogens is 326 g/mol. The number of aromatic nitrogens is 1. The number of hydrogen-bond donors (Lipinski definition) is 2. The topological polar surface area (TPSA) is 79.3 Å². The number of hydrogen-bond acceptors (Lipinski definition) is 4. The first-order valence-electron chi connectivity index (χ1n) is 6.86. The fraction of sp³-hybridized carbons (Fsp3) is 0.267. The Morgan fingerprint density at radius 2 is 2.04 bits per heavy atom. The van der Waals surface area contributed by atoms with Gasteiger partial charge < -0.3 is 10.4 Å². The van der Waals surface area contributed by atoms with Crippen molar-refractivity contribution in [1.82, 2.24) is 10.3 Å². The lowest BCUT2D eigenvalue weighted by atomic mass is 10.1. The highest BCUT2D eigenvalue weighted by Crippen LogP contribution is 2.49. The number of amides is 1. The third-order valence-electron chi connectivity index (χ3n) is 3.68. The molecule has 2 atom stereocenters. The molecule has 0 bridgehead atoms. The number of thiazole rings is 1. The third kappa shape index (κ3) is 3.21. The van der Waals surface area contributed by atoms with Crippen molar-refractivity contribution in [1.29, 1.82) is 0 Å². The number of carbonyl (C=O) groups excluding carboxylic acids is 1. The van der Waals surface area contributed by atoms with Gasteiger partial charge in [-0.15, -0.1) is 11.3 Å². The first-order chi connectivity index (χ1) is 11.0. The molecule has 2 unspecified atom stereocenters. The van der Waals surface area contributed by atoms with E-state index in [9.17, 15) is 18.4 Å². The van der Waals surface area contributed by atoms with Gasteiger partial charge in [0.25, 0.3) is 0 Å². The van der Waals surface area contributed by atoms with Crippen LogP contribution in [0.4, 0.5) is 8.78 Å². The van der Waals surface area contributed by atoms with E-state index in [-0.39, 0.29) is 23.7 Å². The molecule has 0 radical (unpaired) electrons. The van der Waals surface area contributed by atoms with Crippen molar-refractivity contribution in [3.63, 3.8) is 0 Å². The molecule has 1 heterocycles. The first-order valence-corrected chi connectivity index (χ1v) is 7.74. The number of nitrogens with one attached hydrogen (secondary N) is 1. The van der Waals surface area contributed by atoms with E-state index < -0.39 is 29.4 Å². The van der Waals surface area contributed by atoms with Crippen LogP contribution in [0.3, 0.4) is 0 Å².